The van der Waals surface area contributed by atoms with Crippen LogP contribution in [0.2, 0.25) is 0 Å². The van der Waals surface area contributed by atoms with Crippen molar-refractivity contribution >= 4 is 100 Å². The number of ether oxygens (including phenoxy) is 1. The summed E-state index contributed by atoms with van der Waals surface area (Å²) in [5, 5.41) is 9.70. The van der Waals surface area contributed by atoms with Crippen molar-refractivity contribution in [2.45, 2.75) is 22.3 Å². The zero-order valence-electron chi connectivity index (χ0n) is 7.83. The van der Waals surface area contributed by atoms with E-state index >= 15 is 0 Å². The molecular formula is C5H6BrClI2O4P2S2-2. The van der Waals surface area contributed by atoms with Crippen LogP contribution in [0.15, 0.2) is 0 Å². The number of aliphatic hydroxyl groups excluding tert-OH is 1. The summed E-state index contributed by atoms with van der Waals surface area (Å²) >= 11 is 13.4. The molecule has 12 heteroatoms. The molecule has 1 aliphatic rings. The van der Waals surface area contributed by atoms with Crippen molar-refractivity contribution in [2.75, 3.05) is 6.61 Å². The van der Waals surface area contributed by atoms with Gasteiger partial charge in [-0.25, -0.2) is 0 Å². The molecule has 0 aliphatic carbocycles. The molecule has 0 saturated carbocycles. The second-order valence-corrected chi connectivity index (χ2v) is 17.5. The maximum atomic E-state index is 9.70. The molecule has 1 saturated heterocycles. The third kappa shape index (κ3) is 5.73. The number of aliphatic hydroxyl groups is 1. The molecule has 1 heterocycles. The Kier molecular flexibility index (Phi) is 9.13. The van der Waals surface area contributed by atoms with Crippen molar-refractivity contribution in [3.8, 4) is 0 Å². The fourth-order valence-corrected chi connectivity index (χ4v) is 4.35. The van der Waals surface area contributed by atoms with Crippen LogP contribution >= 0.6 is 85.6 Å². The van der Waals surface area contributed by atoms with Crippen molar-refractivity contribution in [3.63, 3.8) is 0 Å². The van der Waals surface area contributed by atoms with Crippen LogP contribution in [-0.4, -0.2) is 34.0 Å². The van der Waals surface area contributed by atoms with Crippen molar-refractivity contribution in [3.05, 3.63) is 0 Å². The zero-order valence-corrected chi connectivity index (χ0v) is 17.9. The van der Waals surface area contributed by atoms with Gasteiger partial charge in [-0.15, -0.1) is 0 Å². The number of hydrogen-bond donors (Lipinski definition) is 1. The molecule has 0 aromatic heterocycles. The van der Waals surface area contributed by atoms with Gasteiger partial charge in [0.2, 0.25) is 0 Å². The Labute approximate surface area is 145 Å². The first-order chi connectivity index (χ1) is 7.75. The topological polar surface area (TPSA) is 47.9 Å². The van der Waals surface area contributed by atoms with E-state index in [2.05, 4.69) is 31.6 Å². The first-order valence-electron chi connectivity index (χ1n) is 3.96. The van der Waals surface area contributed by atoms with Gasteiger partial charge in [-0.2, -0.15) is 0 Å². The Bertz CT molecular complexity index is 424. The predicted octanol–water partition coefficient (Wildman–Crippen LogP) is 3.85. The molecule has 102 valence electrons. The predicted molar refractivity (Wildman–Crippen MR) is 95.8 cm³/mol. The Morgan fingerprint density at radius 1 is 1.47 bits per heavy atom. The SMILES string of the molecule is OC1O[C@H](CO[S-](#P)I)[C@@H](O[S-](#P)I)[C@@]1(Cl)Br. The van der Waals surface area contributed by atoms with Gasteiger partial charge in [0.15, 0.2) is 0 Å². The van der Waals surface area contributed by atoms with Crippen LogP contribution in [0.5, 0.6) is 0 Å². The molecule has 17 heavy (non-hydrogen) atoms. The van der Waals surface area contributed by atoms with E-state index in [4.69, 9.17) is 24.7 Å². The van der Waals surface area contributed by atoms with Crippen LogP contribution in [0.4, 0.5) is 0 Å². The van der Waals surface area contributed by atoms with Crippen LogP contribution in [0.25, 0.3) is 0 Å². The Morgan fingerprint density at radius 2 is 2.06 bits per heavy atom. The van der Waals surface area contributed by atoms with E-state index in [-0.39, 0.29) is 6.61 Å². The minimum atomic E-state index is -1.19. The molecule has 4 atom stereocenters. The standard InChI is InChI=1S/C5H6BrClI2O4P2S2/c6-5(7)3(13-17(9)15)2(12-4(5)10)1-11-16(8)14/h2-4,10H,1H2/q-2/t2-,3-,4?,5+/m1/s1. The van der Waals surface area contributed by atoms with Gasteiger partial charge in [0.05, 0.1) is 0 Å². The van der Waals surface area contributed by atoms with Gasteiger partial charge < -0.3 is 0 Å². The first kappa shape index (κ1) is 18.7. The number of rotatable bonds is 3. The summed E-state index contributed by atoms with van der Waals surface area (Å²) in [6.45, 7) is 0.235. The van der Waals surface area contributed by atoms with Crippen molar-refractivity contribution in [2.24, 2.45) is 0 Å². The fourth-order valence-electron chi connectivity index (χ4n) is 1.18. The molecule has 0 amide bonds. The molecule has 0 aromatic rings. The van der Waals surface area contributed by atoms with Crippen LogP contribution < -0.4 is 0 Å². The molecular weight excluding hydrogens is 619 g/mol. The normalized spacial score (nSPS) is 38.1. The second-order valence-electron chi connectivity index (χ2n) is 2.92. The summed E-state index contributed by atoms with van der Waals surface area (Å²) in [5.74, 6) is 0. The van der Waals surface area contributed by atoms with Gasteiger partial charge in [0, 0.05) is 0 Å². The Morgan fingerprint density at radius 3 is 2.53 bits per heavy atom. The van der Waals surface area contributed by atoms with Crippen LogP contribution in [-0.2, 0) is 27.8 Å². The minimum absolute atomic E-state index is 0.235. The molecule has 1 N–H and O–H groups in total. The molecule has 0 aromatic carbocycles. The van der Waals surface area contributed by atoms with Gasteiger partial charge >= 0.3 is 147 Å². The second kappa shape index (κ2) is 8.31. The maximum absolute atomic E-state index is 9.70. The summed E-state index contributed by atoms with van der Waals surface area (Å²) in [6, 6.07) is 0. The van der Waals surface area contributed by atoms with E-state index in [9.17, 15) is 5.11 Å². The van der Waals surface area contributed by atoms with Gasteiger partial charge in [0.1, 0.15) is 0 Å². The first-order valence-corrected chi connectivity index (χ1v) is 14.6. The van der Waals surface area contributed by atoms with Gasteiger partial charge in [-0.3, -0.25) is 0 Å². The number of halogens is 4. The van der Waals surface area contributed by atoms with Crippen LogP contribution in [0.3, 0.4) is 0 Å². The third-order valence-corrected chi connectivity index (χ3v) is 5.76. The summed E-state index contributed by atoms with van der Waals surface area (Å²) in [5.41, 5.74) is 0. The third-order valence-electron chi connectivity index (χ3n) is 1.86. The molecule has 0 spiro atoms. The average molecular weight is 625 g/mol. The quantitative estimate of drug-likeness (QED) is 0.224. The van der Waals surface area contributed by atoms with Gasteiger partial charge in [0.25, 0.3) is 0 Å². The van der Waals surface area contributed by atoms with Gasteiger partial charge in [-0.1, -0.05) is 0 Å². The zero-order chi connectivity index (χ0) is 13.2. The summed E-state index contributed by atoms with van der Waals surface area (Å²) in [7, 11) is 7.14. The molecule has 0 bridgehead atoms. The van der Waals surface area contributed by atoms with E-state index in [0.29, 0.717) is 0 Å². The average Bonchev–Trinajstić information content (AvgIpc) is 2.38. The van der Waals surface area contributed by atoms with Crippen LogP contribution in [0.1, 0.15) is 0 Å². The fraction of sp³-hybridized carbons (Fsp3) is 1.00. The summed E-state index contributed by atoms with van der Waals surface area (Å²) in [4.78, 5) is 0. The molecule has 1 rings (SSSR count). The van der Waals surface area contributed by atoms with Gasteiger partial charge in [-0.05, 0) is 0 Å². The van der Waals surface area contributed by atoms with Crippen LogP contribution in [0, 0.1) is 0 Å². The molecule has 1 unspecified atom stereocenters. The molecule has 1 aliphatic heterocycles. The summed E-state index contributed by atoms with van der Waals surface area (Å²) in [6.07, 6.45) is -2.21. The van der Waals surface area contributed by atoms with Crippen molar-refractivity contribution in [1.29, 1.82) is 0 Å². The Balaban J connectivity index is 2.76. The van der Waals surface area contributed by atoms with Crippen molar-refractivity contribution in [1.82, 2.24) is 0 Å². The molecule has 0 radical (unpaired) electrons. The Hall–Kier alpha value is 3.63. The summed E-state index contributed by atoms with van der Waals surface area (Å²) < 4.78 is 15.0. The van der Waals surface area contributed by atoms with E-state index in [0.717, 1.165) is 0 Å². The van der Waals surface area contributed by atoms with Crippen molar-refractivity contribution < 1.29 is 18.2 Å². The molecule has 1 fully saturated rings. The number of hydrogen-bond acceptors (Lipinski definition) is 6. The van der Waals surface area contributed by atoms with E-state index in [1.165, 1.54) is 0 Å². The monoisotopic (exact) mass is 624 g/mol. The number of alkyl halides is 2. The molecule has 4 nitrogen and oxygen atoms in total. The van der Waals surface area contributed by atoms with E-state index < -0.39 is 36.9 Å². The van der Waals surface area contributed by atoms with E-state index in [1.54, 1.807) is 0 Å². The van der Waals surface area contributed by atoms with E-state index in [1.807, 2.05) is 42.4 Å².